The normalized spacial score (nSPS) is 16.2. The van der Waals surface area contributed by atoms with Crippen LogP contribution in [0.3, 0.4) is 0 Å². The predicted molar refractivity (Wildman–Crippen MR) is 69.5 cm³/mol. The number of hydrogen-bond donors (Lipinski definition) is 1. The van der Waals surface area contributed by atoms with Crippen LogP contribution < -0.4 is 9.80 Å². The maximum Gasteiger partial charge on any atom is 0.202 e. The molecule has 4 nitrogen and oxygen atoms in total. The Bertz CT molecular complexity index is 444. The molecule has 1 N–H and O–H groups in total. The van der Waals surface area contributed by atoms with E-state index in [1.807, 2.05) is 6.20 Å². The molecule has 1 aromatic carbocycles. The molecule has 0 bridgehead atoms. The van der Waals surface area contributed by atoms with Gasteiger partial charge >= 0.3 is 0 Å². The van der Waals surface area contributed by atoms with Crippen molar-refractivity contribution < 1.29 is 0 Å². The summed E-state index contributed by atoms with van der Waals surface area (Å²) in [6.07, 6.45) is 3.68. The molecule has 0 atom stereocenters. The number of H-pyrrole nitrogens is 1. The number of aromatic amines is 1. The maximum absolute atomic E-state index is 4.29. The third kappa shape index (κ3) is 2.11. The van der Waals surface area contributed by atoms with Gasteiger partial charge in [-0.25, -0.2) is 4.98 Å². The lowest BCUT2D eigenvalue weighted by Crippen LogP contribution is -2.46. The molecular formula is C13H16N4. The Hall–Kier alpha value is -1.97. The molecule has 3 rings (SSSR count). The third-order valence-electron chi connectivity index (χ3n) is 3.18. The second kappa shape index (κ2) is 4.49. The average molecular weight is 228 g/mol. The van der Waals surface area contributed by atoms with Gasteiger partial charge in [0.05, 0.1) is 0 Å². The van der Waals surface area contributed by atoms with Gasteiger partial charge in [-0.15, -0.1) is 0 Å². The summed E-state index contributed by atoms with van der Waals surface area (Å²) >= 11 is 0. The number of rotatable bonds is 2. The van der Waals surface area contributed by atoms with Gasteiger partial charge in [0.2, 0.25) is 5.95 Å². The number of aromatic nitrogens is 2. The van der Waals surface area contributed by atoms with E-state index in [9.17, 15) is 0 Å². The first-order valence-electron chi connectivity index (χ1n) is 5.98. The van der Waals surface area contributed by atoms with Crippen molar-refractivity contribution in [3.63, 3.8) is 0 Å². The van der Waals surface area contributed by atoms with Crippen LogP contribution in [-0.2, 0) is 0 Å². The van der Waals surface area contributed by atoms with E-state index in [0.717, 1.165) is 32.1 Å². The van der Waals surface area contributed by atoms with Gasteiger partial charge in [-0.2, -0.15) is 0 Å². The fourth-order valence-electron chi connectivity index (χ4n) is 2.25. The minimum absolute atomic E-state index is 0.984. The highest BCUT2D eigenvalue weighted by Gasteiger charge is 2.18. The van der Waals surface area contributed by atoms with Crippen LogP contribution in [0.1, 0.15) is 0 Å². The summed E-state index contributed by atoms with van der Waals surface area (Å²) in [7, 11) is 0. The molecule has 1 aliphatic rings. The fourth-order valence-corrected chi connectivity index (χ4v) is 2.25. The monoisotopic (exact) mass is 228 g/mol. The van der Waals surface area contributed by atoms with Crippen LogP contribution in [0.5, 0.6) is 0 Å². The van der Waals surface area contributed by atoms with Crippen LogP contribution in [0.15, 0.2) is 42.7 Å². The van der Waals surface area contributed by atoms with Crippen molar-refractivity contribution in [2.75, 3.05) is 36.0 Å². The summed E-state index contributed by atoms with van der Waals surface area (Å²) in [6, 6.07) is 10.6. The molecule has 4 heteroatoms. The average Bonchev–Trinajstić information content (AvgIpc) is 2.94. The molecule has 88 valence electrons. The zero-order valence-corrected chi connectivity index (χ0v) is 9.71. The first-order valence-corrected chi connectivity index (χ1v) is 5.98. The standard InChI is InChI=1S/C13H16N4/c1-2-4-12(5-3-1)16-8-10-17(11-9-16)13-14-6-7-15-13/h1-7H,8-11H2,(H,14,15). The number of piperazine rings is 1. The van der Waals surface area contributed by atoms with Gasteiger partial charge in [0.25, 0.3) is 0 Å². The minimum Gasteiger partial charge on any atom is -0.368 e. The zero-order valence-electron chi connectivity index (χ0n) is 9.71. The second-order valence-corrected chi connectivity index (χ2v) is 4.22. The highest BCUT2D eigenvalue weighted by Crippen LogP contribution is 2.17. The van der Waals surface area contributed by atoms with E-state index >= 15 is 0 Å². The third-order valence-corrected chi connectivity index (χ3v) is 3.18. The highest BCUT2D eigenvalue weighted by molar-refractivity contribution is 5.48. The molecule has 0 spiro atoms. The molecule has 2 heterocycles. The van der Waals surface area contributed by atoms with Gasteiger partial charge in [0.15, 0.2) is 0 Å². The van der Waals surface area contributed by atoms with Crippen molar-refractivity contribution >= 4 is 11.6 Å². The number of nitrogens with zero attached hydrogens (tertiary/aromatic N) is 3. The Morgan fingerprint density at radius 2 is 1.65 bits per heavy atom. The van der Waals surface area contributed by atoms with Crippen LogP contribution in [-0.4, -0.2) is 36.1 Å². The quantitative estimate of drug-likeness (QED) is 0.850. The van der Waals surface area contributed by atoms with Crippen molar-refractivity contribution in [2.24, 2.45) is 0 Å². The van der Waals surface area contributed by atoms with Crippen LogP contribution in [0.4, 0.5) is 11.6 Å². The van der Waals surface area contributed by atoms with Gasteiger partial charge in [-0.3, -0.25) is 0 Å². The molecule has 1 aromatic heterocycles. The Kier molecular flexibility index (Phi) is 2.69. The predicted octanol–water partition coefficient (Wildman–Crippen LogP) is 1.74. The van der Waals surface area contributed by atoms with Crippen LogP contribution >= 0.6 is 0 Å². The van der Waals surface area contributed by atoms with E-state index in [1.165, 1.54) is 5.69 Å². The first-order chi connectivity index (χ1) is 8.43. The van der Waals surface area contributed by atoms with E-state index in [4.69, 9.17) is 0 Å². The Labute approximate surface area is 101 Å². The number of para-hydroxylation sites is 1. The van der Waals surface area contributed by atoms with E-state index in [-0.39, 0.29) is 0 Å². The number of benzene rings is 1. The maximum atomic E-state index is 4.29. The van der Waals surface area contributed by atoms with Crippen molar-refractivity contribution in [3.05, 3.63) is 42.7 Å². The van der Waals surface area contributed by atoms with Crippen LogP contribution in [0.25, 0.3) is 0 Å². The minimum atomic E-state index is 0.984. The lowest BCUT2D eigenvalue weighted by Gasteiger charge is -2.35. The molecule has 0 aliphatic carbocycles. The van der Waals surface area contributed by atoms with Gasteiger partial charge in [0, 0.05) is 44.3 Å². The summed E-state index contributed by atoms with van der Waals surface area (Å²) in [5.41, 5.74) is 1.31. The summed E-state index contributed by atoms with van der Waals surface area (Å²) in [5.74, 6) is 0.984. The molecule has 1 aliphatic heterocycles. The van der Waals surface area contributed by atoms with Crippen molar-refractivity contribution in [3.8, 4) is 0 Å². The lowest BCUT2D eigenvalue weighted by atomic mass is 10.2. The Balaban J connectivity index is 1.65. The lowest BCUT2D eigenvalue weighted by molar-refractivity contribution is 0.643. The number of anilines is 2. The Morgan fingerprint density at radius 1 is 0.941 bits per heavy atom. The molecule has 0 unspecified atom stereocenters. The second-order valence-electron chi connectivity index (χ2n) is 4.22. The number of nitrogens with one attached hydrogen (secondary N) is 1. The topological polar surface area (TPSA) is 35.2 Å². The van der Waals surface area contributed by atoms with Gasteiger partial charge in [0.1, 0.15) is 0 Å². The van der Waals surface area contributed by atoms with Gasteiger partial charge < -0.3 is 14.8 Å². The number of hydrogen-bond acceptors (Lipinski definition) is 3. The van der Waals surface area contributed by atoms with Crippen molar-refractivity contribution in [2.45, 2.75) is 0 Å². The molecule has 2 aromatic rings. The largest absolute Gasteiger partial charge is 0.368 e. The van der Waals surface area contributed by atoms with Crippen molar-refractivity contribution in [1.82, 2.24) is 9.97 Å². The molecular weight excluding hydrogens is 212 g/mol. The van der Waals surface area contributed by atoms with Gasteiger partial charge in [-0.1, -0.05) is 18.2 Å². The number of imidazole rings is 1. The molecule has 0 radical (unpaired) electrons. The van der Waals surface area contributed by atoms with E-state index < -0.39 is 0 Å². The molecule has 0 amide bonds. The van der Waals surface area contributed by atoms with Crippen LogP contribution in [0, 0.1) is 0 Å². The molecule has 17 heavy (non-hydrogen) atoms. The van der Waals surface area contributed by atoms with E-state index in [2.05, 4.69) is 50.1 Å². The Morgan fingerprint density at radius 3 is 2.29 bits per heavy atom. The molecule has 1 fully saturated rings. The summed E-state index contributed by atoms with van der Waals surface area (Å²) in [6.45, 7) is 4.13. The molecule has 0 saturated carbocycles. The van der Waals surface area contributed by atoms with Gasteiger partial charge in [-0.05, 0) is 12.1 Å². The smallest absolute Gasteiger partial charge is 0.202 e. The zero-order chi connectivity index (χ0) is 11.5. The van der Waals surface area contributed by atoms with Crippen molar-refractivity contribution in [1.29, 1.82) is 0 Å². The molecule has 1 saturated heterocycles. The van der Waals surface area contributed by atoms with Crippen LogP contribution in [0.2, 0.25) is 0 Å². The van der Waals surface area contributed by atoms with E-state index in [0.29, 0.717) is 0 Å². The summed E-state index contributed by atoms with van der Waals surface area (Å²) < 4.78 is 0. The SMILES string of the molecule is c1ccc(N2CCN(c3ncc[nH]3)CC2)cc1. The van der Waals surface area contributed by atoms with E-state index in [1.54, 1.807) is 6.20 Å². The first kappa shape index (κ1) is 10.2. The summed E-state index contributed by atoms with van der Waals surface area (Å²) in [4.78, 5) is 12.2. The fraction of sp³-hybridized carbons (Fsp3) is 0.308. The summed E-state index contributed by atoms with van der Waals surface area (Å²) in [5, 5.41) is 0. The highest BCUT2D eigenvalue weighted by atomic mass is 15.3.